The minimum Gasteiger partial charge on any atom is -0.289 e. The molecule has 0 saturated carbocycles. The van der Waals surface area contributed by atoms with Crippen molar-refractivity contribution in [2.75, 3.05) is 0 Å². The highest BCUT2D eigenvalue weighted by molar-refractivity contribution is 7.91. The lowest BCUT2D eigenvalue weighted by molar-refractivity contribution is 0.0990. The van der Waals surface area contributed by atoms with Gasteiger partial charge in [0.05, 0.1) is 15.7 Å². The van der Waals surface area contributed by atoms with Crippen LogP contribution in [0.3, 0.4) is 0 Å². The van der Waals surface area contributed by atoms with E-state index in [0.29, 0.717) is 11.1 Å². The zero-order valence-corrected chi connectivity index (χ0v) is 11.3. The second-order valence-electron chi connectivity index (χ2n) is 5.13. The fourth-order valence-corrected chi connectivity index (χ4v) is 2.91. The van der Waals surface area contributed by atoms with Gasteiger partial charge in [-0.3, -0.25) is 13.8 Å². The molecule has 1 aromatic rings. The summed E-state index contributed by atoms with van der Waals surface area (Å²) in [5.74, 6) is -0.559. The van der Waals surface area contributed by atoms with E-state index < -0.39 is 15.5 Å². The average molecular weight is 262 g/mol. The van der Waals surface area contributed by atoms with Gasteiger partial charge >= 0.3 is 0 Å². The Morgan fingerprint density at radius 2 is 1.56 bits per heavy atom. The van der Waals surface area contributed by atoms with Crippen molar-refractivity contribution in [1.82, 2.24) is 0 Å². The van der Waals surface area contributed by atoms with Crippen molar-refractivity contribution in [2.24, 2.45) is 0 Å². The van der Waals surface area contributed by atoms with Crippen molar-refractivity contribution >= 4 is 22.4 Å². The van der Waals surface area contributed by atoms with Crippen molar-refractivity contribution in [3.8, 4) is 0 Å². The van der Waals surface area contributed by atoms with Gasteiger partial charge in [-0.1, -0.05) is 24.3 Å². The number of carbonyl (C=O) groups excluding carboxylic acids is 2. The summed E-state index contributed by atoms with van der Waals surface area (Å²) < 4.78 is 11.7. The van der Waals surface area contributed by atoms with Crippen LogP contribution in [0.1, 0.15) is 41.5 Å². The summed E-state index contributed by atoms with van der Waals surface area (Å²) in [7, 11) is -1.49. The summed E-state index contributed by atoms with van der Waals surface area (Å²) in [5.41, 5.74) is 0.731. The average Bonchev–Trinajstić information content (AvgIpc) is 2.32. The molecule has 0 amide bonds. The summed E-state index contributed by atoms with van der Waals surface area (Å²) in [6, 6.07) is 6.63. The topological polar surface area (TPSA) is 51.2 Å². The van der Waals surface area contributed by atoms with E-state index in [1.165, 1.54) is 6.08 Å². The second kappa shape index (κ2) is 4.28. The van der Waals surface area contributed by atoms with E-state index in [9.17, 15) is 13.8 Å². The number of ketones is 2. The van der Waals surface area contributed by atoms with Gasteiger partial charge in [0.25, 0.3) is 0 Å². The van der Waals surface area contributed by atoms with Gasteiger partial charge < -0.3 is 0 Å². The number of hydrogen-bond acceptors (Lipinski definition) is 3. The van der Waals surface area contributed by atoms with Gasteiger partial charge in [-0.2, -0.15) is 0 Å². The minimum atomic E-state index is -1.49. The molecule has 18 heavy (non-hydrogen) atoms. The van der Waals surface area contributed by atoms with E-state index in [-0.39, 0.29) is 16.5 Å². The predicted octanol–water partition coefficient (Wildman–Crippen LogP) is 2.50. The van der Waals surface area contributed by atoms with Crippen LogP contribution >= 0.6 is 0 Å². The van der Waals surface area contributed by atoms with E-state index >= 15 is 0 Å². The van der Waals surface area contributed by atoms with Crippen LogP contribution in [-0.4, -0.2) is 20.5 Å². The molecule has 4 heteroatoms. The van der Waals surface area contributed by atoms with Crippen LogP contribution in [0.5, 0.6) is 0 Å². The molecule has 2 rings (SSSR count). The van der Waals surface area contributed by atoms with Gasteiger partial charge in [0.2, 0.25) is 5.78 Å². The van der Waals surface area contributed by atoms with Crippen LogP contribution < -0.4 is 0 Å². The van der Waals surface area contributed by atoms with E-state index in [0.717, 1.165) is 0 Å². The Balaban J connectivity index is 2.53. The molecular weight excluding hydrogens is 248 g/mol. The van der Waals surface area contributed by atoms with Crippen molar-refractivity contribution in [3.05, 3.63) is 46.4 Å². The molecule has 94 valence electrons. The maximum atomic E-state index is 12.3. The first-order valence-electron chi connectivity index (χ1n) is 5.64. The lowest BCUT2D eigenvalue weighted by Gasteiger charge is -2.21. The molecule has 1 atom stereocenters. The molecular formula is C14H14O3S. The summed E-state index contributed by atoms with van der Waals surface area (Å²) in [4.78, 5) is 24.2. The van der Waals surface area contributed by atoms with E-state index in [1.807, 2.05) is 0 Å². The molecule has 1 aliphatic rings. The number of fused-ring (bicyclic) bond motifs is 1. The molecule has 0 aromatic heterocycles. The monoisotopic (exact) mass is 262 g/mol. The summed E-state index contributed by atoms with van der Waals surface area (Å²) in [5, 5.41) is 0. The summed E-state index contributed by atoms with van der Waals surface area (Å²) in [6.07, 6.45) is 1.21. The van der Waals surface area contributed by atoms with Crippen LogP contribution in [0.15, 0.2) is 35.2 Å². The van der Waals surface area contributed by atoms with Crippen LogP contribution in [0.25, 0.3) is 0 Å². The third-order valence-corrected chi connectivity index (χ3v) is 4.49. The Morgan fingerprint density at radius 1 is 1.00 bits per heavy atom. The van der Waals surface area contributed by atoms with Gasteiger partial charge in [0.1, 0.15) is 0 Å². The molecule has 0 radical (unpaired) electrons. The largest absolute Gasteiger partial charge is 0.289 e. The van der Waals surface area contributed by atoms with Crippen molar-refractivity contribution in [3.63, 3.8) is 0 Å². The Morgan fingerprint density at radius 3 is 2.11 bits per heavy atom. The first-order valence-corrected chi connectivity index (χ1v) is 6.79. The quantitative estimate of drug-likeness (QED) is 0.781. The predicted molar refractivity (Wildman–Crippen MR) is 71.1 cm³/mol. The SMILES string of the molecule is CC(C)(C)S(=O)C1=CC(=O)c2ccccc2C1=O. The normalized spacial score (nSPS) is 17.2. The molecule has 0 fully saturated rings. The molecule has 0 saturated heterocycles. The number of Topliss-reactive ketones (excluding diaryl/α,β-unsaturated/α-hetero) is 1. The standard InChI is InChI=1S/C14H14O3S/c1-14(2,3)18(17)12-8-11(15)9-6-4-5-7-10(9)13(12)16/h4-8H,1-3H3. The van der Waals surface area contributed by atoms with E-state index in [1.54, 1.807) is 45.0 Å². The number of carbonyl (C=O) groups is 2. The molecule has 1 unspecified atom stereocenters. The lowest BCUT2D eigenvalue weighted by atomic mass is 9.95. The number of rotatable bonds is 1. The molecule has 3 nitrogen and oxygen atoms in total. The summed E-state index contributed by atoms with van der Waals surface area (Å²) in [6.45, 7) is 5.34. The minimum absolute atomic E-state index is 0.103. The van der Waals surface area contributed by atoms with Crippen molar-refractivity contribution < 1.29 is 13.8 Å². The third kappa shape index (κ3) is 2.08. The maximum Gasteiger partial charge on any atom is 0.202 e. The molecule has 1 aliphatic carbocycles. The smallest absolute Gasteiger partial charge is 0.202 e. The van der Waals surface area contributed by atoms with E-state index in [4.69, 9.17) is 0 Å². The zero-order valence-electron chi connectivity index (χ0n) is 10.5. The van der Waals surface area contributed by atoms with Crippen LogP contribution in [0, 0.1) is 0 Å². The Kier molecular flexibility index (Phi) is 3.07. The highest BCUT2D eigenvalue weighted by Gasteiger charge is 2.33. The first kappa shape index (κ1) is 12.9. The Labute approximate surface area is 108 Å². The van der Waals surface area contributed by atoms with E-state index in [2.05, 4.69) is 0 Å². The first-order chi connectivity index (χ1) is 8.32. The zero-order chi connectivity index (χ0) is 13.5. The second-order valence-corrected chi connectivity index (χ2v) is 7.33. The fraction of sp³-hybridized carbons (Fsp3) is 0.286. The Hall–Kier alpha value is -1.55. The highest BCUT2D eigenvalue weighted by atomic mass is 32.2. The van der Waals surface area contributed by atoms with Crippen LogP contribution in [0.2, 0.25) is 0 Å². The molecule has 0 spiro atoms. The molecule has 0 heterocycles. The highest BCUT2D eigenvalue weighted by Crippen LogP contribution is 2.27. The molecule has 1 aromatic carbocycles. The van der Waals surface area contributed by atoms with Crippen LogP contribution in [0.4, 0.5) is 0 Å². The van der Waals surface area contributed by atoms with Gasteiger partial charge in [-0.15, -0.1) is 0 Å². The molecule has 0 N–H and O–H groups in total. The van der Waals surface area contributed by atoms with Crippen LogP contribution in [-0.2, 0) is 10.8 Å². The van der Waals surface area contributed by atoms with Crippen molar-refractivity contribution in [2.45, 2.75) is 25.5 Å². The maximum absolute atomic E-state index is 12.3. The fourth-order valence-electron chi connectivity index (χ4n) is 1.76. The van der Waals surface area contributed by atoms with Gasteiger partial charge in [-0.05, 0) is 20.8 Å². The number of benzene rings is 1. The number of allylic oxidation sites excluding steroid dienone is 2. The Bertz CT molecular complexity index is 591. The van der Waals surface area contributed by atoms with Gasteiger partial charge in [-0.25, -0.2) is 0 Å². The third-order valence-electron chi connectivity index (χ3n) is 2.68. The molecule has 0 bridgehead atoms. The lowest BCUT2D eigenvalue weighted by Crippen LogP contribution is -2.29. The number of hydrogen-bond donors (Lipinski definition) is 0. The molecule has 0 aliphatic heterocycles. The van der Waals surface area contributed by atoms with Gasteiger partial charge in [0, 0.05) is 21.9 Å². The summed E-state index contributed by atoms with van der Waals surface area (Å²) >= 11 is 0. The van der Waals surface area contributed by atoms with Gasteiger partial charge in [0.15, 0.2) is 5.78 Å². The van der Waals surface area contributed by atoms with Crippen molar-refractivity contribution in [1.29, 1.82) is 0 Å².